The zero-order valence-corrected chi connectivity index (χ0v) is 13.5. The first-order chi connectivity index (χ1) is 10.4. The van der Waals surface area contributed by atoms with E-state index >= 15 is 0 Å². The van der Waals surface area contributed by atoms with E-state index in [4.69, 9.17) is 11.6 Å². The van der Waals surface area contributed by atoms with Gasteiger partial charge in [-0.25, -0.2) is 4.79 Å². The highest BCUT2D eigenvalue weighted by molar-refractivity contribution is 6.31. The van der Waals surface area contributed by atoms with Gasteiger partial charge in [0.25, 0.3) is 0 Å². The van der Waals surface area contributed by atoms with Gasteiger partial charge in [0.05, 0.1) is 0 Å². The molecule has 0 aromatic heterocycles. The van der Waals surface area contributed by atoms with Crippen molar-refractivity contribution in [3.8, 4) is 0 Å². The Morgan fingerprint density at radius 3 is 2.18 bits per heavy atom. The summed E-state index contributed by atoms with van der Waals surface area (Å²) in [6.45, 7) is 1.96. The quantitative estimate of drug-likeness (QED) is 0.657. The number of nitrogens with one attached hydrogen (secondary N) is 1. The number of carbonyl (C=O) groups excluding carboxylic acids is 1. The van der Waals surface area contributed by atoms with Crippen LogP contribution in [0.3, 0.4) is 0 Å². The average molecular weight is 324 g/mol. The maximum atomic E-state index is 12.4. The molecule has 0 radical (unpaired) electrons. The molecule has 1 aromatic rings. The van der Waals surface area contributed by atoms with Crippen molar-refractivity contribution in [3.63, 3.8) is 0 Å². The van der Waals surface area contributed by atoms with Crippen molar-refractivity contribution in [3.05, 3.63) is 35.4 Å². The molecule has 4 nitrogen and oxygen atoms in total. The molecule has 0 bridgehead atoms. The van der Waals surface area contributed by atoms with Crippen LogP contribution < -0.4 is 5.32 Å². The van der Waals surface area contributed by atoms with Gasteiger partial charge < -0.3 is 10.4 Å². The van der Waals surface area contributed by atoms with Crippen LogP contribution in [0.5, 0.6) is 0 Å². The summed E-state index contributed by atoms with van der Waals surface area (Å²) in [5.74, 6) is -1.40. The Bertz CT molecular complexity index is 533. The van der Waals surface area contributed by atoms with Gasteiger partial charge in [0, 0.05) is 0 Å². The summed E-state index contributed by atoms with van der Waals surface area (Å²) in [5.41, 5.74) is 0.587. The summed E-state index contributed by atoms with van der Waals surface area (Å²) in [4.78, 5) is 24.1. The maximum absolute atomic E-state index is 12.4. The number of hydrogen-bond donors (Lipinski definition) is 2. The Morgan fingerprint density at radius 1 is 1.14 bits per heavy atom. The summed E-state index contributed by atoms with van der Waals surface area (Å²) in [7, 11) is 0. The molecule has 22 heavy (non-hydrogen) atoms. The highest BCUT2D eigenvalue weighted by atomic mass is 35.5. The fourth-order valence-corrected chi connectivity index (χ4v) is 3.11. The molecule has 5 heteroatoms. The fraction of sp³-hybridized carbons (Fsp3) is 0.529. The molecule has 1 unspecified atom stereocenters. The van der Waals surface area contributed by atoms with E-state index in [0.717, 1.165) is 31.2 Å². The number of alkyl halides is 1. The molecule has 1 amide bonds. The van der Waals surface area contributed by atoms with Crippen LogP contribution in [0.4, 0.5) is 0 Å². The number of aliphatic carboxylic acids is 1. The van der Waals surface area contributed by atoms with Crippen LogP contribution in [0.25, 0.3) is 0 Å². The first-order valence-corrected chi connectivity index (χ1v) is 8.14. The summed E-state index contributed by atoms with van der Waals surface area (Å²) >= 11 is 6.23. The molecule has 0 aliphatic heterocycles. The number of benzene rings is 1. The molecule has 120 valence electrons. The van der Waals surface area contributed by atoms with Gasteiger partial charge >= 0.3 is 5.97 Å². The number of halogens is 1. The predicted octanol–water partition coefficient (Wildman–Crippen LogP) is 3.57. The molecule has 2 N–H and O–H groups in total. The Labute approximate surface area is 135 Å². The zero-order valence-electron chi connectivity index (χ0n) is 12.8. The Morgan fingerprint density at radius 2 is 1.68 bits per heavy atom. The van der Waals surface area contributed by atoms with E-state index in [9.17, 15) is 14.7 Å². The lowest BCUT2D eigenvalue weighted by Crippen LogP contribution is -2.55. The number of carbonyl (C=O) groups is 2. The minimum absolute atomic E-state index is 0.435. The second-order valence-electron chi connectivity index (χ2n) is 6.06. The summed E-state index contributed by atoms with van der Waals surface area (Å²) < 4.78 is 0. The van der Waals surface area contributed by atoms with Crippen LogP contribution in [0.15, 0.2) is 24.3 Å². The fourth-order valence-electron chi connectivity index (χ4n) is 2.91. The lowest BCUT2D eigenvalue weighted by atomic mass is 9.90. The van der Waals surface area contributed by atoms with Gasteiger partial charge in [-0.3, -0.25) is 4.79 Å². The summed E-state index contributed by atoms with van der Waals surface area (Å²) in [5, 5.41) is 11.4. The number of carboxylic acid groups (broad SMARTS) is 1. The van der Waals surface area contributed by atoms with Crippen molar-refractivity contribution in [1.29, 1.82) is 0 Å². The Kier molecular flexibility index (Phi) is 5.46. The van der Waals surface area contributed by atoms with Gasteiger partial charge in [-0.15, -0.1) is 11.6 Å². The molecule has 1 atom stereocenters. The molecule has 2 rings (SSSR count). The van der Waals surface area contributed by atoms with Gasteiger partial charge in [0.1, 0.15) is 10.9 Å². The molecule has 0 spiro atoms. The minimum Gasteiger partial charge on any atom is -0.480 e. The van der Waals surface area contributed by atoms with Gasteiger partial charge in [0.15, 0.2) is 0 Å². The Hall–Kier alpha value is -1.55. The number of amides is 1. The molecule has 1 saturated carbocycles. The molecular formula is C17H22ClNO3. The van der Waals surface area contributed by atoms with Crippen molar-refractivity contribution in [2.24, 2.45) is 0 Å². The van der Waals surface area contributed by atoms with Gasteiger partial charge in [0.2, 0.25) is 5.91 Å². The lowest BCUT2D eigenvalue weighted by Gasteiger charge is -2.30. The second kappa shape index (κ2) is 7.14. The minimum atomic E-state index is -1.18. The highest BCUT2D eigenvalue weighted by Gasteiger charge is 2.41. The number of rotatable bonds is 4. The van der Waals surface area contributed by atoms with E-state index in [1.807, 2.05) is 19.1 Å². The van der Waals surface area contributed by atoms with Gasteiger partial charge in [-0.2, -0.15) is 0 Å². The standard InChI is InChI=1S/C17H22ClNO3/c1-12-6-8-13(9-7-12)14(18)15(20)19-17(16(21)22)10-4-2-3-5-11-17/h6-9,14H,2-5,10-11H2,1H3,(H,19,20)(H,21,22). The molecular weight excluding hydrogens is 302 g/mol. The first kappa shape index (κ1) is 16.8. The first-order valence-electron chi connectivity index (χ1n) is 7.71. The predicted molar refractivity (Wildman–Crippen MR) is 86.0 cm³/mol. The lowest BCUT2D eigenvalue weighted by molar-refractivity contribution is -0.148. The van der Waals surface area contributed by atoms with E-state index in [2.05, 4.69) is 5.32 Å². The Balaban J connectivity index is 2.13. The van der Waals surface area contributed by atoms with Crippen LogP contribution in [0.2, 0.25) is 0 Å². The van der Waals surface area contributed by atoms with Crippen molar-refractivity contribution < 1.29 is 14.7 Å². The summed E-state index contributed by atoms with van der Waals surface area (Å²) in [6, 6.07) is 7.37. The monoisotopic (exact) mass is 323 g/mol. The molecule has 1 fully saturated rings. The van der Waals surface area contributed by atoms with E-state index in [0.29, 0.717) is 18.4 Å². The second-order valence-corrected chi connectivity index (χ2v) is 6.50. The van der Waals surface area contributed by atoms with Crippen LogP contribution in [0.1, 0.15) is 55.0 Å². The number of aryl methyl sites for hydroxylation is 1. The normalized spacial score (nSPS) is 19.0. The van der Waals surface area contributed by atoms with E-state index < -0.39 is 22.8 Å². The SMILES string of the molecule is Cc1ccc(C(Cl)C(=O)NC2(C(=O)O)CCCCCC2)cc1. The van der Waals surface area contributed by atoms with Gasteiger partial charge in [-0.05, 0) is 25.3 Å². The third-order valence-electron chi connectivity index (χ3n) is 4.33. The van der Waals surface area contributed by atoms with E-state index in [1.165, 1.54) is 0 Å². The third kappa shape index (κ3) is 3.80. The van der Waals surface area contributed by atoms with Crippen molar-refractivity contribution >= 4 is 23.5 Å². The van der Waals surface area contributed by atoms with Gasteiger partial charge in [-0.1, -0.05) is 55.5 Å². The van der Waals surface area contributed by atoms with E-state index in [-0.39, 0.29) is 0 Å². The average Bonchev–Trinajstić information content (AvgIpc) is 2.74. The highest BCUT2D eigenvalue weighted by Crippen LogP contribution is 2.29. The smallest absolute Gasteiger partial charge is 0.329 e. The zero-order chi connectivity index (χ0) is 16.2. The number of hydrogen-bond acceptors (Lipinski definition) is 2. The third-order valence-corrected chi connectivity index (χ3v) is 4.78. The van der Waals surface area contributed by atoms with Crippen LogP contribution in [-0.4, -0.2) is 22.5 Å². The molecule has 0 saturated heterocycles. The number of carboxylic acids is 1. The topological polar surface area (TPSA) is 66.4 Å². The molecule has 1 aliphatic carbocycles. The largest absolute Gasteiger partial charge is 0.480 e. The van der Waals surface area contributed by atoms with Crippen molar-refractivity contribution in [2.75, 3.05) is 0 Å². The maximum Gasteiger partial charge on any atom is 0.329 e. The van der Waals surface area contributed by atoms with Crippen LogP contribution >= 0.6 is 11.6 Å². The van der Waals surface area contributed by atoms with Crippen molar-refractivity contribution in [1.82, 2.24) is 5.32 Å². The van der Waals surface area contributed by atoms with Crippen molar-refractivity contribution in [2.45, 2.75) is 56.4 Å². The molecule has 0 heterocycles. The molecule has 1 aromatic carbocycles. The van der Waals surface area contributed by atoms with Crippen LogP contribution in [0, 0.1) is 6.92 Å². The van der Waals surface area contributed by atoms with Crippen LogP contribution in [-0.2, 0) is 9.59 Å². The summed E-state index contributed by atoms with van der Waals surface area (Å²) in [6.07, 6.45) is 4.56. The molecule has 1 aliphatic rings. The van der Waals surface area contributed by atoms with E-state index in [1.54, 1.807) is 12.1 Å².